The third kappa shape index (κ3) is 4.94. The Morgan fingerprint density at radius 1 is 1.22 bits per heavy atom. The lowest BCUT2D eigenvalue weighted by Crippen LogP contribution is -2.43. The van der Waals surface area contributed by atoms with Crippen LogP contribution in [0.2, 0.25) is 0 Å². The molecule has 190 valence electrons. The fourth-order valence-corrected chi connectivity index (χ4v) is 5.61. The molecule has 0 spiro atoms. The quantitative estimate of drug-likeness (QED) is 0.513. The number of nitrogens with one attached hydrogen (secondary N) is 2. The molecule has 2 amide bonds. The van der Waals surface area contributed by atoms with Crippen LogP contribution in [0.1, 0.15) is 18.9 Å². The predicted molar refractivity (Wildman–Crippen MR) is 126 cm³/mol. The fourth-order valence-electron chi connectivity index (χ4n) is 4.29. The van der Waals surface area contributed by atoms with Crippen molar-refractivity contribution in [3.05, 3.63) is 54.4 Å². The largest absolute Gasteiger partial charge is 0.405 e. The van der Waals surface area contributed by atoms with E-state index in [1.54, 1.807) is 18.2 Å². The van der Waals surface area contributed by atoms with Crippen LogP contribution >= 0.6 is 0 Å². The van der Waals surface area contributed by atoms with Crippen molar-refractivity contribution in [2.24, 2.45) is 5.92 Å². The molecule has 1 fully saturated rings. The van der Waals surface area contributed by atoms with E-state index in [0.29, 0.717) is 17.5 Å². The second kappa shape index (κ2) is 9.69. The number of likely N-dealkylation sites (tertiary alicyclic amines) is 1. The minimum Gasteiger partial charge on any atom is -0.378 e. The topological polar surface area (TPSA) is 120 Å². The number of nitrogens with zero attached hydrogens (tertiary/aromatic N) is 4. The number of rotatable bonds is 6. The molecule has 9 nitrogen and oxygen atoms in total. The van der Waals surface area contributed by atoms with Crippen LogP contribution in [0.3, 0.4) is 0 Å². The molecule has 1 aliphatic rings. The molecule has 36 heavy (non-hydrogen) atoms. The van der Waals surface area contributed by atoms with Crippen LogP contribution < -0.4 is 10.6 Å². The van der Waals surface area contributed by atoms with Crippen molar-refractivity contribution in [3.63, 3.8) is 0 Å². The van der Waals surface area contributed by atoms with Gasteiger partial charge in [0.05, 0.1) is 16.1 Å². The molecule has 0 aliphatic carbocycles. The summed E-state index contributed by atoms with van der Waals surface area (Å²) in [7, 11) is -3.95. The fraction of sp³-hybridized carbons (Fsp3) is 0.348. The van der Waals surface area contributed by atoms with Crippen molar-refractivity contribution in [2.75, 3.05) is 25.0 Å². The van der Waals surface area contributed by atoms with Crippen LogP contribution in [-0.4, -0.2) is 60.2 Å². The van der Waals surface area contributed by atoms with Gasteiger partial charge in [0.2, 0.25) is 0 Å². The number of benzene rings is 1. The lowest BCUT2D eigenvalue weighted by molar-refractivity contribution is -0.123. The summed E-state index contributed by atoms with van der Waals surface area (Å²) in [6.07, 6.45) is -1.27. The lowest BCUT2D eigenvalue weighted by atomic mass is 10.00. The van der Waals surface area contributed by atoms with E-state index in [4.69, 9.17) is 0 Å². The van der Waals surface area contributed by atoms with Crippen LogP contribution in [0.15, 0.2) is 53.7 Å². The van der Waals surface area contributed by atoms with Gasteiger partial charge >= 0.3 is 12.2 Å². The average molecular weight is 521 g/mol. The van der Waals surface area contributed by atoms with Gasteiger partial charge in [-0.15, -0.1) is 0 Å². The minimum atomic E-state index is -4.52. The highest BCUT2D eigenvalue weighted by Crippen LogP contribution is 2.32. The summed E-state index contributed by atoms with van der Waals surface area (Å²) in [5.74, 6) is -0.105. The van der Waals surface area contributed by atoms with Crippen molar-refractivity contribution in [1.29, 1.82) is 5.26 Å². The number of anilines is 1. The molecular formula is C23H23F3N6O3S. The van der Waals surface area contributed by atoms with Gasteiger partial charge in [0.15, 0.2) is 5.65 Å². The molecule has 13 heteroatoms. The zero-order valence-corrected chi connectivity index (χ0v) is 20.0. The van der Waals surface area contributed by atoms with E-state index in [-0.39, 0.29) is 41.2 Å². The van der Waals surface area contributed by atoms with E-state index in [2.05, 4.69) is 10.3 Å². The van der Waals surface area contributed by atoms with Gasteiger partial charge < -0.3 is 15.5 Å². The Kier molecular flexibility index (Phi) is 6.81. The number of alkyl halides is 3. The normalized spacial score (nSPS) is 18.2. The highest BCUT2D eigenvalue weighted by molar-refractivity contribution is 7.90. The lowest BCUT2D eigenvalue weighted by Gasteiger charge is -2.21. The molecule has 0 saturated carbocycles. The summed E-state index contributed by atoms with van der Waals surface area (Å²) < 4.78 is 64.9. The van der Waals surface area contributed by atoms with Crippen LogP contribution in [0.4, 0.5) is 23.7 Å². The van der Waals surface area contributed by atoms with E-state index in [1.807, 2.05) is 18.3 Å². The number of aromatic nitrogens is 2. The molecule has 1 saturated heterocycles. The van der Waals surface area contributed by atoms with Gasteiger partial charge in [-0.1, -0.05) is 25.1 Å². The maximum atomic E-state index is 13.2. The Balaban J connectivity index is 1.65. The molecule has 2 atom stereocenters. The predicted octanol–water partition coefficient (Wildman–Crippen LogP) is 3.54. The summed E-state index contributed by atoms with van der Waals surface area (Å²) in [6.45, 7) is 0.814. The third-order valence-electron chi connectivity index (χ3n) is 6.12. The monoisotopic (exact) mass is 520 g/mol. The van der Waals surface area contributed by atoms with E-state index in [0.717, 1.165) is 3.97 Å². The Morgan fingerprint density at radius 3 is 2.58 bits per heavy atom. The average Bonchev–Trinajstić information content (AvgIpc) is 3.47. The first-order valence-corrected chi connectivity index (χ1v) is 12.6. The third-order valence-corrected chi connectivity index (χ3v) is 7.80. The Bertz CT molecular complexity index is 1420. The number of carbonyl (C=O) groups excluding carboxylic acids is 1. The van der Waals surface area contributed by atoms with Gasteiger partial charge in [-0.3, -0.25) is 0 Å². The Hall–Kier alpha value is -3.79. The first kappa shape index (κ1) is 25.3. The number of carbonyl (C=O) groups is 1. The molecule has 1 aromatic carbocycles. The van der Waals surface area contributed by atoms with Gasteiger partial charge in [-0.05, 0) is 30.5 Å². The van der Waals surface area contributed by atoms with E-state index in [9.17, 15) is 31.6 Å². The number of amides is 2. The summed E-state index contributed by atoms with van der Waals surface area (Å²) in [5, 5.41) is 15.2. The van der Waals surface area contributed by atoms with Crippen molar-refractivity contribution in [2.45, 2.75) is 30.5 Å². The number of fused-ring (bicyclic) bond motifs is 1. The molecule has 0 radical (unpaired) electrons. The van der Waals surface area contributed by atoms with Crippen LogP contribution in [0.25, 0.3) is 11.0 Å². The van der Waals surface area contributed by atoms with Crippen molar-refractivity contribution < 1.29 is 26.4 Å². The number of halogens is 3. The molecule has 4 rings (SSSR count). The molecule has 2 aromatic heterocycles. The first-order chi connectivity index (χ1) is 17.0. The van der Waals surface area contributed by atoms with Gasteiger partial charge in [0, 0.05) is 36.9 Å². The van der Waals surface area contributed by atoms with E-state index in [1.165, 1.54) is 35.5 Å². The number of hydrogen-bond donors (Lipinski definition) is 2. The second-order valence-electron chi connectivity index (χ2n) is 8.42. The van der Waals surface area contributed by atoms with Crippen LogP contribution in [0.5, 0.6) is 0 Å². The highest BCUT2D eigenvalue weighted by Gasteiger charge is 2.36. The van der Waals surface area contributed by atoms with Crippen molar-refractivity contribution in [1.82, 2.24) is 19.2 Å². The smallest absolute Gasteiger partial charge is 0.378 e. The zero-order valence-electron chi connectivity index (χ0n) is 19.2. The summed E-state index contributed by atoms with van der Waals surface area (Å²) in [4.78, 5) is 17.9. The number of urea groups is 1. The molecule has 0 bridgehead atoms. The second-order valence-corrected chi connectivity index (χ2v) is 10.2. The van der Waals surface area contributed by atoms with Crippen LogP contribution in [0, 0.1) is 17.2 Å². The maximum absolute atomic E-state index is 13.2. The maximum Gasteiger partial charge on any atom is 0.405 e. The van der Waals surface area contributed by atoms with Crippen LogP contribution in [-0.2, 0) is 10.0 Å². The van der Waals surface area contributed by atoms with Gasteiger partial charge in [-0.25, -0.2) is 22.2 Å². The summed E-state index contributed by atoms with van der Waals surface area (Å²) in [6, 6.07) is 10.2. The molecule has 1 aliphatic heterocycles. The SMILES string of the molecule is CC[C@@H]1CN(C(=O)NCC(F)(F)F)CC1Nc1c(C#N)cnc2c1ccn2S(=O)(=O)c1ccccc1. The summed E-state index contributed by atoms with van der Waals surface area (Å²) >= 11 is 0. The van der Waals surface area contributed by atoms with E-state index < -0.39 is 28.8 Å². The molecule has 3 aromatic rings. The first-order valence-electron chi connectivity index (χ1n) is 11.1. The molecule has 3 heterocycles. The molecule has 1 unspecified atom stereocenters. The number of hydrogen-bond acceptors (Lipinski definition) is 6. The standard InChI is InChI=1S/C23H23F3N6O3S/c1-2-15-12-31(22(33)29-14-23(24,25)26)13-19(15)30-20-16(10-27)11-28-21-18(20)8-9-32(21)36(34,35)17-6-4-3-5-7-17/h3-9,11,15,19H,2,12-14H2,1H3,(H,28,30)(H,29,33)/t15-,19?/m1/s1. The van der Waals surface area contributed by atoms with Gasteiger partial charge in [0.1, 0.15) is 12.6 Å². The van der Waals surface area contributed by atoms with E-state index >= 15 is 0 Å². The van der Waals surface area contributed by atoms with Gasteiger partial charge in [0.25, 0.3) is 10.0 Å². The Labute approximate surface area is 205 Å². The van der Waals surface area contributed by atoms with Crippen molar-refractivity contribution in [3.8, 4) is 6.07 Å². The number of nitriles is 1. The van der Waals surface area contributed by atoms with Gasteiger partial charge in [-0.2, -0.15) is 18.4 Å². The minimum absolute atomic E-state index is 0.0746. The highest BCUT2D eigenvalue weighted by atomic mass is 32.2. The number of pyridine rings is 1. The molecular weight excluding hydrogens is 497 g/mol. The van der Waals surface area contributed by atoms with Crippen molar-refractivity contribution >= 4 is 32.8 Å². The Morgan fingerprint density at radius 2 is 1.94 bits per heavy atom. The summed E-state index contributed by atoms with van der Waals surface area (Å²) in [5.41, 5.74) is 0.642. The zero-order chi connectivity index (χ0) is 26.1. The molecule has 2 N–H and O–H groups in total.